The summed E-state index contributed by atoms with van der Waals surface area (Å²) >= 11 is 6.14. The van der Waals surface area contributed by atoms with E-state index >= 15 is 0 Å². The molecule has 2 atom stereocenters. The lowest BCUT2D eigenvalue weighted by atomic mass is 9.89. The molecule has 0 spiro atoms. The summed E-state index contributed by atoms with van der Waals surface area (Å²) in [5, 5.41) is 0.800. The normalized spacial score (nSPS) is 20.8. The Hall–Kier alpha value is -0.570. The van der Waals surface area contributed by atoms with Gasteiger partial charge in [-0.05, 0) is 56.5 Å². The molecule has 2 nitrogen and oxygen atoms in total. The van der Waals surface area contributed by atoms with Crippen molar-refractivity contribution in [1.29, 1.82) is 0 Å². The van der Waals surface area contributed by atoms with E-state index in [1.165, 1.54) is 31.2 Å². The SMILES string of the molecule is CCCC1CCN(C(c2cccc(Cl)c2)C(C)N)CC1. The van der Waals surface area contributed by atoms with Crippen LogP contribution in [0.15, 0.2) is 24.3 Å². The minimum Gasteiger partial charge on any atom is -0.326 e. The lowest BCUT2D eigenvalue weighted by molar-refractivity contribution is 0.115. The van der Waals surface area contributed by atoms with Gasteiger partial charge >= 0.3 is 0 Å². The monoisotopic (exact) mass is 294 g/mol. The van der Waals surface area contributed by atoms with Crippen molar-refractivity contribution in [3.63, 3.8) is 0 Å². The molecule has 0 bridgehead atoms. The van der Waals surface area contributed by atoms with E-state index in [4.69, 9.17) is 17.3 Å². The van der Waals surface area contributed by atoms with Crippen LogP contribution in [0, 0.1) is 5.92 Å². The quantitative estimate of drug-likeness (QED) is 0.880. The topological polar surface area (TPSA) is 29.3 Å². The maximum absolute atomic E-state index is 6.26. The third-order valence-corrected chi connectivity index (χ3v) is 4.66. The number of hydrogen-bond acceptors (Lipinski definition) is 2. The van der Waals surface area contributed by atoms with Gasteiger partial charge in [0.2, 0.25) is 0 Å². The number of likely N-dealkylation sites (tertiary alicyclic amines) is 1. The Morgan fingerprint density at radius 3 is 2.60 bits per heavy atom. The molecular weight excluding hydrogens is 268 g/mol. The van der Waals surface area contributed by atoms with Gasteiger partial charge in [0.05, 0.1) is 0 Å². The van der Waals surface area contributed by atoms with Gasteiger partial charge in [-0.25, -0.2) is 0 Å². The number of rotatable bonds is 5. The van der Waals surface area contributed by atoms with Gasteiger partial charge in [-0.15, -0.1) is 0 Å². The van der Waals surface area contributed by atoms with Crippen LogP contribution in [0.1, 0.15) is 51.1 Å². The van der Waals surface area contributed by atoms with Crippen LogP contribution in [0.4, 0.5) is 0 Å². The van der Waals surface area contributed by atoms with Crippen molar-refractivity contribution in [3.8, 4) is 0 Å². The van der Waals surface area contributed by atoms with E-state index in [1.54, 1.807) is 0 Å². The Morgan fingerprint density at radius 1 is 1.35 bits per heavy atom. The van der Waals surface area contributed by atoms with Crippen LogP contribution in [0.2, 0.25) is 5.02 Å². The van der Waals surface area contributed by atoms with Crippen LogP contribution in [0.25, 0.3) is 0 Å². The third kappa shape index (κ3) is 3.97. The van der Waals surface area contributed by atoms with Crippen LogP contribution in [-0.4, -0.2) is 24.0 Å². The third-order valence-electron chi connectivity index (χ3n) is 4.43. The van der Waals surface area contributed by atoms with Gasteiger partial charge < -0.3 is 5.73 Å². The van der Waals surface area contributed by atoms with E-state index in [2.05, 4.69) is 30.9 Å². The molecule has 1 fully saturated rings. The van der Waals surface area contributed by atoms with E-state index < -0.39 is 0 Å². The number of piperidine rings is 1. The number of benzene rings is 1. The summed E-state index contributed by atoms with van der Waals surface area (Å²) in [5.41, 5.74) is 7.51. The summed E-state index contributed by atoms with van der Waals surface area (Å²) in [4.78, 5) is 2.54. The van der Waals surface area contributed by atoms with Crippen molar-refractivity contribution in [2.75, 3.05) is 13.1 Å². The molecule has 1 saturated heterocycles. The van der Waals surface area contributed by atoms with Gasteiger partial charge in [-0.3, -0.25) is 4.90 Å². The minimum atomic E-state index is 0.121. The zero-order valence-electron chi connectivity index (χ0n) is 12.7. The summed E-state index contributed by atoms with van der Waals surface area (Å²) in [6.45, 7) is 6.69. The maximum atomic E-state index is 6.26. The van der Waals surface area contributed by atoms with E-state index in [-0.39, 0.29) is 12.1 Å². The van der Waals surface area contributed by atoms with Gasteiger partial charge in [0.1, 0.15) is 0 Å². The highest BCUT2D eigenvalue weighted by atomic mass is 35.5. The average Bonchev–Trinajstić information content (AvgIpc) is 2.41. The second kappa shape index (κ2) is 7.44. The van der Waals surface area contributed by atoms with Gasteiger partial charge in [-0.1, -0.05) is 43.5 Å². The predicted octanol–water partition coefficient (Wildman–Crippen LogP) is 4.24. The van der Waals surface area contributed by atoms with E-state index in [0.717, 1.165) is 24.0 Å². The predicted molar refractivity (Wildman–Crippen MR) is 87.0 cm³/mol. The highest BCUT2D eigenvalue weighted by Crippen LogP contribution is 2.31. The zero-order valence-corrected chi connectivity index (χ0v) is 13.4. The summed E-state index contributed by atoms with van der Waals surface area (Å²) in [6.07, 6.45) is 5.28. The van der Waals surface area contributed by atoms with Crippen molar-refractivity contribution in [2.24, 2.45) is 11.7 Å². The van der Waals surface area contributed by atoms with Crippen LogP contribution >= 0.6 is 11.6 Å². The van der Waals surface area contributed by atoms with E-state index in [1.807, 2.05) is 12.1 Å². The molecule has 2 unspecified atom stereocenters. The Kier molecular flexibility index (Phi) is 5.88. The fourth-order valence-electron chi connectivity index (χ4n) is 3.47. The van der Waals surface area contributed by atoms with Gasteiger partial charge in [0.25, 0.3) is 0 Å². The maximum Gasteiger partial charge on any atom is 0.0496 e. The second-order valence-corrected chi connectivity index (χ2v) is 6.56. The molecule has 2 N–H and O–H groups in total. The first-order valence-electron chi connectivity index (χ1n) is 7.87. The number of halogens is 1. The zero-order chi connectivity index (χ0) is 14.5. The average molecular weight is 295 g/mol. The highest BCUT2D eigenvalue weighted by Gasteiger charge is 2.28. The molecule has 1 aromatic rings. The van der Waals surface area contributed by atoms with Gasteiger partial charge in [0, 0.05) is 17.1 Å². The number of nitrogens with zero attached hydrogens (tertiary/aromatic N) is 1. The number of hydrogen-bond donors (Lipinski definition) is 1. The summed E-state index contributed by atoms with van der Waals surface area (Å²) in [7, 11) is 0. The van der Waals surface area contributed by atoms with E-state index in [0.29, 0.717) is 0 Å². The van der Waals surface area contributed by atoms with Crippen molar-refractivity contribution < 1.29 is 0 Å². The Balaban J connectivity index is 2.07. The smallest absolute Gasteiger partial charge is 0.0496 e. The fourth-order valence-corrected chi connectivity index (χ4v) is 3.66. The fraction of sp³-hybridized carbons (Fsp3) is 0.647. The van der Waals surface area contributed by atoms with Crippen molar-refractivity contribution >= 4 is 11.6 Å². The minimum absolute atomic E-state index is 0.121. The molecule has 0 saturated carbocycles. The molecule has 20 heavy (non-hydrogen) atoms. The summed E-state index contributed by atoms with van der Waals surface area (Å²) < 4.78 is 0. The van der Waals surface area contributed by atoms with Crippen LogP contribution < -0.4 is 5.73 Å². The largest absolute Gasteiger partial charge is 0.326 e. The second-order valence-electron chi connectivity index (χ2n) is 6.13. The molecule has 112 valence electrons. The lowest BCUT2D eigenvalue weighted by Gasteiger charge is -2.39. The molecular formula is C17H27ClN2. The highest BCUT2D eigenvalue weighted by molar-refractivity contribution is 6.30. The molecule has 1 aromatic carbocycles. The Labute approximate surface area is 128 Å². The summed E-state index contributed by atoms with van der Waals surface area (Å²) in [6, 6.07) is 8.58. The van der Waals surface area contributed by atoms with Crippen LogP contribution in [0.3, 0.4) is 0 Å². The molecule has 1 aliphatic rings. The molecule has 0 aromatic heterocycles. The van der Waals surface area contributed by atoms with Crippen LogP contribution in [-0.2, 0) is 0 Å². The molecule has 0 radical (unpaired) electrons. The molecule has 1 aliphatic heterocycles. The first-order valence-corrected chi connectivity index (χ1v) is 8.24. The molecule has 2 rings (SSSR count). The molecule has 0 amide bonds. The van der Waals surface area contributed by atoms with Crippen molar-refractivity contribution in [3.05, 3.63) is 34.9 Å². The molecule has 0 aliphatic carbocycles. The molecule has 1 heterocycles. The standard InChI is InChI=1S/C17H27ClN2/c1-3-5-14-8-10-20(11-9-14)17(13(2)19)15-6-4-7-16(18)12-15/h4,6-7,12-14,17H,3,5,8-11,19H2,1-2H3. The van der Waals surface area contributed by atoms with Crippen molar-refractivity contribution in [1.82, 2.24) is 4.90 Å². The number of nitrogens with two attached hydrogens (primary N) is 1. The van der Waals surface area contributed by atoms with Gasteiger partial charge in [0.15, 0.2) is 0 Å². The van der Waals surface area contributed by atoms with Crippen LogP contribution in [0.5, 0.6) is 0 Å². The van der Waals surface area contributed by atoms with Gasteiger partial charge in [-0.2, -0.15) is 0 Å². The summed E-state index contributed by atoms with van der Waals surface area (Å²) in [5.74, 6) is 0.907. The first-order chi connectivity index (χ1) is 9.61. The Bertz CT molecular complexity index is 411. The van der Waals surface area contributed by atoms with Crippen molar-refractivity contribution in [2.45, 2.75) is 51.6 Å². The van der Waals surface area contributed by atoms with E-state index in [9.17, 15) is 0 Å². The lowest BCUT2D eigenvalue weighted by Crippen LogP contribution is -2.43. The molecule has 3 heteroatoms. The first kappa shape index (κ1) is 15.8. The Morgan fingerprint density at radius 2 is 2.05 bits per heavy atom.